The lowest BCUT2D eigenvalue weighted by molar-refractivity contribution is -0.132. The van der Waals surface area contributed by atoms with E-state index in [-0.39, 0.29) is 24.8 Å². The molecule has 2 amide bonds. The number of hydrogen-bond donors (Lipinski definition) is 1. The molecular formula is C17H15Cl3N2O2. The Hall–Kier alpha value is -1.75. The molecule has 4 nitrogen and oxygen atoms in total. The van der Waals surface area contributed by atoms with Crippen molar-refractivity contribution in [3.63, 3.8) is 0 Å². The third-order valence-corrected chi connectivity index (χ3v) is 4.38. The molecule has 0 unspecified atom stereocenters. The first-order chi connectivity index (χ1) is 11.4. The molecule has 1 N–H and O–H groups in total. The number of amides is 2. The van der Waals surface area contributed by atoms with Crippen molar-refractivity contribution in [3.05, 3.63) is 63.1 Å². The van der Waals surface area contributed by atoms with Gasteiger partial charge in [0.1, 0.15) is 0 Å². The van der Waals surface area contributed by atoms with E-state index < -0.39 is 0 Å². The van der Waals surface area contributed by atoms with Gasteiger partial charge in [-0.1, -0.05) is 53.0 Å². The topological polar surface area (TPSA) is 49.4 Å². The Bertz CT molecular complexity index is 745. The van der Waals surface area contributed by atoms with Crippen LogP contribution in [0.25, 0.3) is 0 Å². The summed E-state index contributed by atoms with van der Waals surface area (Å²) in [7, 11) is 1.54. The highest BCUT2D eigenvalue weighted by Crippen LogP contribution is 2.25. The lowest BCUT2D eigenvalue weighted by Crippen LogP contribution is -2.36. The Balaban J connectivity index is 1.96. The fourth-order valence-corrected chi connectivity index (χ4v) is 2.76. The minimum atomic E-state index is -0.343. The van der Waals surface area contributed by atoms with Crippen LogP contribution in [0, 0.1) is 0 Å². The standard InChI is InChI=1S/C17H15Cl3N2O2/c1-22(10-16(23)21-15-8-3-2-5-14(15)20)17(24)9-11-12(18)6-4-7-13(11)19/h2-8H,9-10H2,1H3,(H,21,23). The molecule has 0 saturated heterocycles. The summed E-state index contributed by atoms with van der Waals surface area (Å²) in [4.78, 5) is 25.6. The largest absolute Gasteiger partial charge is 0.336 e. The molecule has 2 rings (SSSR count). The van der Waals surface area contributed by atoms with Crippen molar-refractivity contribution in [2.45, 2.75) is 6.42 Å². The van der Waals surface area contributed by atoms with E-state index in [1.807, 2.05) is 0 Å². The van der Waals surface area contributed by atoms with Crippen molar-refractivity contribution in [1.82, 2.24) is 4.90 Å². The third-order valence-electron chi connectivity index (χ3n) is 3.34. The molecule has 0 atom stereocenters. The van der Waals surface area contributed by atoms with E-state index in [0.29, 0.717) is 26.3 Å². The van der Waals surface area contributed by atoms with E-state index in [1.54, 1.807) is 49.5 Å². The van der Waals surface area contributed by atoms with E-state index in [4.69, 9.17) is 34.8 Å². The van der Waals surface area contributed by atoms with E-state index >= 15 is 0 Å². The Morgan fingerprint density at radius 1 is 0.958 bits per heavy atom. The monoisotopic (exact) mass is 384 g/mol. The predicted octanol–water partition coefficient (Wildman–Crippen LogP) is 4.29. The second-order valence-corrected chi connectivity index (χ2v) is 6.38. The summed E-state index contributed by atoms with van der Waals surface area (Å²) >= 11 is 18.1. The van der Waals surface area contributed by atoms with Gasteiger partial charge in [-0.2, -0.15) is 0 Å². The Morgan fingerprint density at radius 3 is 2.17 bits per heavy atom. The molecule has 0 radical (unpaired) electrons. The minimum Gasteiger partial charge on any atom is -0.336 e. The molecule has 2 aromatic rings. The molecule has 0 bridgehead atoms. The molecular weight excluding hydrogens is 371 g/mol. The molecule has 0 aromatic heterocycles. The number of nitrogens with zero attached hydrogens (tertiary/aromatic N) is 1. The number of para-hydroxylation sites is 1. The lowest BCUT2D eigenvalue weighted by atomic mass is 10.1. The summed E-state index contributed by atoms with van der Waals surface area (Å²) in [6.45, 7) is -0.105. The van der Waals surface area contributed by atoms with Gasteiger partial charge in [-0.25, -0.2) is 0 Å². The van der Waals surface area contributed by atoms with E-state index in [0.717, 1.165) is 0 Å². The molecule has 0 fully saturated rings. The smallest absolute Gasteiger partial charge is 0.244 e. The number of hydrogen-bond acceptors (Lipinski definition) is 2. The Morgan fingerprint density at radius 2 is 1.54 bits per heavy atom. The zero-order valence-electron chi connectivity index (χ0n) is 12.9. The van der Waals surface area contributed by atoms with E-state index in [1.165, 1.54) is 4.90 Å². The second kappa shape index (κ2) is 8.38. The highest BCUT2D eigenvalue weighted by atomic mass is 35.5. The van der Waals surface area contributed by atoms with Crippen LogP contribution in [0.3, 0.4) is 0 Å². The first kappa shape index (κ1) is 18.6. The van der Waals surface area contributed by atoms with Crippen molar-refractivity contribution < 1.29 is 9.59 Å². The number of nitrogens with one attached hydrogen (secondary N) is 1. The van der Waals surface area contributed by atoms with Crippen LogP contribution in [-0.2, 0) is 16.0 Å². The number of anilines is 1. The van der Waals surface area contributed by atoms with Crippen LogP contribution in [0.4, 0.5) is 5.69 Å². The Kier molecular flexibility index (Phi) is 6.49. The van der Waals surface area contributed by atoms with Gasteiger partial charge >= 0.3 is 0 Å². The predicted molar refractivity (Wildman–Crippen MR) is 97.9 cm³/mol. The summed E-state index contributed by atoms with van der Waals surface area (Å²) in [6, 6.07) is 11.9. The van der Waals surface area contributed by atoms with Crippen molar-refractivity contribution in [2.24, 2.45) is 0 Å². The first-order valence-corrected chi connectivity index (χ1v) is 8.23. The van der Waals surface area contributed by atoms with Crippen molar-refractivity contribution in [1.29, 1.82) is 0 Å². The van der Waals surface area contributed by atoms with Crippen LogP contribution in [0.5, 0.6) is 0 Å². The number of rotatable bonds is 5. The van der Waals surface area contributed by atoms with Crippen molar-refractivity contribution in [3.8, 4) is 0 Å². The van der Waals surface area contributed by atoms with Gasteiger partial charge in [0.05, 0.1) is 23.7 Å². The molecule has 126 valence electrons. The average molecular weight is 386 g/mol. The van der Waals surface area contributed by atoms with Gasteiger partial charge in [0.2, 0.25) is 11.8 Å². The molecule has 0 aliphatic carbocycles. The van der Waals surface area contributed by atoms with Gasteiger partial charge in [-0.3, -0.25) is 9.59 Å². The maximum atomic E-state index is 12.3. The number of carbonyl (C=O) groups is 2. The number of carbonyl (C=O) groups excluding carboxylic acids is 2. The normalized spacial score (nSPS) is 10.3. The zero-order chi connectivity index (χ0) is 17.7. The fraction of sp³-hybridized carbons (Fsp3) is 0.176. The SMILES string of the molecule is CN(CC(=O)Nc1ccccc1Cl)C(=O)Cc1c(Cl)cccc1Cl. The van der Waals surface area contributed by atoms with Crippen LogP contribution in [0.1, 0.15) is 5.56 Å². The molecule has 0 aliphatic rings. The van der Waals surface area contributed by atoms with Crippen molar-refractivity contribution in [2.75, 3.05) is 18.9 Å². The van der Waals surface area contributed by atoms with Gasteiger partial charge in [-0.05, 0) is 29.8 Å². The van der Waals surface area contributed by atoms with Gasteiger partial charge in [0.15, 0.2) is 0 Å². The Labute approximate surface area is 155 Å². The van der Waals surface area contributed by atoms with Crippen molar-refractivity contribution >= 4 is 52.3 Å². The molecule has 0 spiro atoms. The summed E-state index contributed by atoms with van der Waals surface area (Å²) in [5.74, 6) is -0.608. The van der Waals surface area contributed by atoms with Gasteiger partial charge < -0.3 is 10.2 Å². The average Bonchev–Trinajstić information content (AvgIpc) is 2.53. The molecule has 24 heavy (non-hydrogen) atoms. The highest BCUT2D eigenvalue weighted by Gasteiger charge is 2.17. The zero-order valence-corrected chi connectivity index (χ0v) is 15.1. The van der Waals surface area contributed by atoms with Crippen LogP contribution in [0.15, 0.2) is 42.5 Å². The molecule has 0 aliphatic heterocycles. The lowest BCUT2D eigenvalue weighted by Gasteiger charge is -2.18. The van der Waals surface area contributed by atoms with E-state index in [9.17, 15) is 9.59 Å². The first-order valence-electron chi connectivity index (χ1n) is 7.09. The second-order valence-electron chi connectivity index (χ2n) is 5.15. The number of halogens is 3. The number of benzene rings is 2. The quantitative estimate of drug-likeness (QED) is 0.835. The van der Waals surface area contributed by atoms with Crippen LogP contribution in [-0.4, -0.2) is 30.3 Å². The van der Waals surface area contributed by atoms with Crippen LogP contribution in [0.2, 0.25) is 15.1 Å². The van der Waals surface area contributed by atoms with E-state index in [2.05, 4.69) is 5.32 Å². The minimum absolute atomic E-state index is 0.0222. The van der Waals surface area contributed by atoms with Crippen LogP contribution < -0.4 is 5.32 Å². The summed E-state index contributed by atoms with van der Waals surface area (Å²) in [6.07, 6.45) is 0.0222. The highest BCUT2D eigenvalue weighted by molar-refractivity contribution is 6.36. The molecule has 0 saturated carbocycles. The summed E-state index contributed by atoms with van der Waals surface area (Å²) < 4.78 is 0. The maximum Gasteiger partial charge on any atom is 0.244 e. The summed E-state index contributed by atoms with van der Waals surface area (Å²) in [5, 5.41) is 3.94. The fourth-order valence-electron chi connectivity index (χ4n) is 2.04. The summed E-state index contributed by atoms with van der Waals surface area (Å²) in [5.41, 5.74) is 1.04. The van der Waals surface area contributed by atoms with Gasteiger partial charge in [0.25, 0.3) is 0 Å². The maximum absolute atomic E-state index is 12.3. The molecule has 0 heterocycles. The van der Waals surface area contributed by atoms with Crippen LogP contribution >= 0.6 is 34.8 Å². The molecule has 2 aromatic carbocycles. The number of likely N-dealkylation sites (N-methyl/N-ethyl adjacent to an activating group) is 1. The van der Waals surface area contributed by atoms with Gasteiger partial charge in [0, 0.05) is 17.1 Å². The third kappa shape index (κ3) is 4.87. The van der Waals surface area contributed by atoms with Gasteiger partial charge in [-0.15, -0.1) is 0 Å². The molecule has 7 heteroatoms.